The number of ether oxygens (including phenoxy) is 2. The summed E-state index contributed by atoms with van der Waals surface area (Å²) in [6.07, 6.45) is 0. The van der Waals surface area contributed by atoms with Gasteiger partial charge in [0, 0.05) is 17.4 Å². The number of rotatable bonds is 11. The van der Waals surface area contributed by atoms with E-state index in [-0.39, 0.29) is 15.5 Å². The molecule has 4 rings (SSSR count). The molecule has 0 aromatic heterocycles. The summed E-state index contributed by atoms with van der Waals surface area (Å²) in [5.74, 6) is -0.0469. The van der Waals surface area contributed by atoms with E-state index in [4.69, 9.17) is 9.47 Å². The van der Waals surface area contributed by atoms with Gasteiger partial charge in [-0.15, -0.1) is 0 Å². The van der Waals surface area contributed by atoms with Gasteiger partial charge in [-0.2, -0.15) is 0 Å². The third kappa shape index (κ3) is 7.32. The number of sulfonamides is 2. The average Bonchev–Trinajstić information content (AvgIpc) is 2.97. The molecule has 12 heteroatoms. The van der Waals surface area contributed by atoms with Crippen LogP contribution in [0.1, 0.15) is 22.3 Å². The zero-order chi connectivity index (χ0) is 32.2. The van der Waals surface area contributed by atoms with Gasteiger partial charge in [0.15, 0.2) is 11.5 Å². The van der Waals surface area contributed by atoms with Crippen LogP contribution in [-0.2, 0) is 24.8 Å². The highest BCUT2D eigenvalue weighted by Gasteiger charge is 2.29. The predicted octanol–water partition coefficient (Wildman–Crippen LogP) is 5.57. The summed E-state index contributed by atoms with van der Waals surface area (Å²) in [5.41, 5.74) is 4.67. The van der Waals surface area contributed by atoms with Gasteiger partial charge in [0.25, 0.3) is 20.0 Å². The highest BCUT2D eigenvalue weighted by molar-refractivity contribution is 7.93. The van der Waals surface area contributed by atoms with Gasteiger partial charge < -0.3 is 14.8 Å². The van der Waals surface area contributed by atoms with Crippen molar-refractivity contribution in [2.24, 2.45) is 0 Å². The Morgan fingerprint density at radius 2 is 1.27 bits per heavy atom. The summed E-state index contributed by atoms with van der Waals surface area (Å²) >= 11 is 0. The van der Waals surface area contributed by atoms with Gasteiger partial charge in [0.05, 0.1) is 29.7 Å². The lowest BCUT2D eigenvalue weighted by atomic mass is 10.1. The summed E-state index contributed by atoms with van der Waals surface area (Å²) < 4.78 is 67.8. The van der Waals surface area contributed by atoms with Gasteiger partial charge >= 0.3 is 0 Å². The normalized spacial score (nSPS) is 11.5. The molecule has 1 amide bonds. The van der Waals surface area contributed by atoms with Crippen molar-refractivity contribution in [3.63, 3.8) is 0 Å². The zero-order valence-corrected chi connectivity index (χ0v) is 27.0. The second-order valence-electron chi connectivity index (χ2n) is 10.4. The Balaban J connectivity index is 1.58. The number of carbonyl (C=O) groups is 1. The molecule has 0 fully saturated rings. The number of hydrogen-bond acceptors (Lipinski definition) is 7. The third-order valence-corrected chi connectivity index (χ3v) is 10.1. The summed E-state index contributed by atoms with van der Waals surface area (Å²) in [4.78, 5) is 13.2. The smallest absolute Gasteiger partial charge is 0.264 e. The van der Waals surface area contributed by atoms with Crippen molar-refractivity contribution in [1.29, 1.82) is 0 Å². The molecule has 0 radical (unpaired) electrons. The zero-order valence-electron chi connectivity index (χ0n) is 25.3. The Labute approximate surface area is 258 Å². The molecule has 0 spiro atoms. The first-order chi connectivity index (χ1) is 20.7. The van der Waals surface area contributed by atoms with Gasteiger partial charge in [-0.05, 0) is 111 Å². The lowest BCUT2D eigenvalue weighted by molar-refractivity contribution is -0.114. The lowest BCUT2D eigenvalue weighted by Crippen LogP contribution is -2.38. The fourth-order valence-corrected chi connectivity index (χ4v) is 7.05. The number of amides is 1. The number of benzene rings is 4. The first kappa shape index (κ1) is 32.4. The molecule has 4 aromatic rings. The van der Waals surface area contributed by atoms with Gasteiger partial charge in [-0.1, -0.05) is 12.1 Å². The second-order valence-corrected chi connectivity index (χ2v) is 13.9. The number of nitrogens with one attached hydrogen (secondary N) is 2. The summed E-state index contributed by atoms with van der Waals surface area (Å²) in [5, 5.41) is 2.67. The number of carbonyl (C=O) groups excluding carboxylic acids is 1. The minimum absolute atomic E-state index is 0.00150. The largest absolute Gasteiger partial charge is 0.493 e. The Morgan fingerprint density at radius 3 is 1.86 bits per heavy atom. The van der Waals surface area contributed by atoms with Gasteiger partial charge in [-0.25, -0.2) is 16.8 Å². The van der Waals surface area contributed by atoms with E-state index in [1.54, 1.807) is 24.3 Å². The van der Waals surface area contributed by atoms with Gasteiger partial charge in [-0.3, -0.25) is 13.8 Å². The first-order valence-electron chi connectivity index (χ1n) is 13.6. The molecule has 0 aliphatic carbocycles. The van der Waals surface area contributed by atoms with Crippen LogP contribution in [0.2, 0.25) is 0 Å². The van der Waals surface area contributed by atoms with Crippen molar-refractivity contribution in [1.82, 2.24) is 0 Å². The quantitative estimate of drug-likeness (QED) is 0.220. The van der Waals surface area contributed by atoms with E-state index in [1.165, 1.54) is 56.7 Å². The van der Waals surface area contributed by atoms with Crippen molar-refractivity contribution in [3.05, 3.63) is 101 Å². The standard InChI is InChI=1S/C32H35N3O7S2/c1-21-15-22(2)17-27(16-21)35(44(39,40)29-13-14-30(41-5)31(19-29)42-6)20-32(36)33-25-9-11-28(12-10-25)43(37,38)34-26-8-7-23(3)24(4)18-26/h7-19,34H,20H2,1-6H3,(H,33,36). The Kier molecular flexibility index (Phi) is 9.55. The molecule has 0 saturated carbocycles. The molecule has 0 aliphatic rings. The van der Waals surface area contributed by atoms with Crippen LogP contribution in [0.15, 0.2) is 88.7 Å². The molecule has 232 valence electrons. The van der Waals surface area contributed by atoms with E-state index in [0.717, 1.165) is 26.6 Å². The Morgan fingerprint density at radius 1 is 0.682 bits per heavy atom. The highest BCUT2D eigenvalue weighted by Crippen LogP contribution is 2.33. The van der Waals surface area contributed by atoms with Crippen LogP contribution >= 0.6 is 0 Å². The van der Waals surface area contributed by atoms with Crippen LogP contribution in [0, 0.1) is 27.7 Å². The van der Waals surface area contributed by atoms with E-state index in [9.17, 15) is 21.6 Å². The van der Waals surface area contributed by atoms with Crippen molar-refractivity contribution in [2.45, 2.75) is 37.5 Å². The molecule has 0 unspecified atom stereocenters. The van der Waals surface area contributed by atoms with Crippen molar-refractivity contribution in [2.75, 3.05) is 35.1 Å². The summed E-state index contributed by atoms with van der Waals surface area (Å²) in [7, 11) is -5.28. The Hall–Kier alpha value is -4.55. The minimum Gasteiger partial charge on any atom is -0.493 e. The number of anilines is 3. The number of aryl methyl sites for hydroxylation is 4. The van der Waals surface area contributed by atoms with Crippen molar-refractivity contribution in [3.8, 4) is 11.5 Å². The SMILES string of the molecule is COc1ccc(S(=O)(=O)N(CC(=O)Nc2ccc(S(=O)(=O)Nc3ccc(C)c(C)c3)cc2)c2cc(C)cc(C)c2)cc1OC. The van der Waals surface area contributed by atoms with Crippen LogP contribution in [0.4, 0.5) is 17.1 Å². The molecule has 0 bridgehead atoms. The molecule has 0 atom stereocenters. The second kappa shape index (κ2) is 13.0. The van der Waals surface area contributed by atoms with Crippen LogP contribution in [0.5, 0.6) is 11.5 Å². The molecule has 44 heavy (non-hydrogen) atoms. The lowest BCUT2D eigenvalue weighted by Gasteiger charge is -2.25. The number of methoxy groups -OCH3 is 2. The van der Waals surface area contributed by atoms with E-state index >= 15 is 0 Å². The van der Waals surface area contributed by atoms with Crippen LogP contribution < -0.4 is 23.8 Å². The summed E-state index contributed by atoms with van der Waals surface area (Å²) in [6.45, 7) is 6.96. The summed E-state index contributed by atoms with van der Waals surface area (Å²) in [6, 6.07) is 20.3. The maximum absolute atomic E-state index is 13.9. The van der Waals surface area contributed by atoms with E-state index in [0.29, 0.717) is 22.8 Å². The van der Waals surface area contributed by atoms with Crippen LogP contribution in [-0.4, -0.2) is 43.5 Å². The van der Waals surface area contributed by atoms with Crippen molar-refractivity contribution < 1.29 is 31.1 Å². The monoisotopic (exact) mass is 637 g/mol. The van der Waals surface area contributed by atoms with Crippen molar-refractivity contribution >= 4 is 43.0 Å². The maximum Gasteiger partial charge on any atom is 0.264 e. The topological polar surface area (TPSA) is 131 Å². The average molecular weight is 638 g/mol. The predicted molar refractivity (Wildman–Crippen MR) is 172 cm³/mol. The van der Waals surface area contributed by atoms with Crippen LogP contribution in [0.3, 0.4) is 0 Å². The highest BCUT2D eigenvalue weighted by atomic mass is 32.2. The molecule has 2 N–H and O–H groups in total. The van der Waals surface area contributed by atoms with E-state index in [1.807, 2.05) is 39.8 Å². The minimum atomic E-state index is -4.24. The molecule has 0 aliphatic heterocycles. The molecular formula is C32H35N3O7S2. The van der Waals surface area contributed by atoms with E-state index in [2.05, 4.69) is 10.0 Å². The fourth-order valence-electron chi connectivity index (χ4n) is 4.58. The molecule has 4 aromatic carbocycles. The molecular weight excluding hydrogens is 603 g/mol. The maximum atomic E-state index is 13.9. The molecule has 0 saturated heterocycles. The van der Waals surface area contributed by atoms with Gasteiger partial charge in [0.1, 0.15) is 6.54 Å². The molecule has 0 heterocycles. The fraction of sp³-hybridized carbons (Fsp3) is 0.219. The molecule has 10 nitrogen and oxygen atoms in total. The van der Waals surface area contributed by atoms with Gasteiger partial charge in [0.2, 0.25) is 5.91 Å². The number of hydrogen-bond donors (Lipinski definition) is 2. The van der Waals surface area contributed by atoms with E-state index < -0.39 is 32.5 Å². The Bertz CT molecular complexity index is 1890. The number of nitrogens with zero attached hydrogens (tertiary/aromatic N) is 1. The van der Waals surface area contributed by atoms with Crippen LogP contribution in [0.25, 0.3) is 0 Å². The first-order valence-corrected chi connectivity index (χ1v) is 16.5. The third-order valence-electron chi connectivity index (χ3n) is 6.93.